The molecule has 0 atom stereocenters. The fourth-order valence-electron chi connectivity index (χ4n) is 2.23. The number of hydrogen-bond acceptors (Lipinski definition) is 2. The summed E-state index contributed by atoms with van der Waals surface area (Å²) >= 11 is 0. The maximum Gasteiger partial charge on any atom is 0.471 e. The lowest BCUT2D eigenvalue weighted by atomic mass is 10.3. The Labute approximate surface area is 120 Å². The predicted octanol–water partition coefficient (Wildman–Crippen LogP) is 2.84. The number of imidazole rings is 1. The highest BCUT2D eigenvalue weighted by molar-refractivity contribution is 5.81. The van der Waals surface area contributed by atoms with E-state index in [4.69, 9.17) is 0 Å². The van der Waals surface area contributed by atoms with Gasteiger partial charge in [0.2, 0.25) is 0 Å². The highest BCUT2D eigenvalue weighted by Gasteiger charge is 2.38. The van der Waals surface area contributed by atoms with Crippen molar-refractivity contribution < 1.29 is 18.0 Å². The van der Waals surface area contributed by atoms with Crippen LogP contribution in [-0.2, 0) is 11.2 Å². The average molecular weight is 299 g/mol. The number of halogens is 3. The molecule has 4 nitrogen and oxygen atoms in total. The number of carbonyl (C=O) groups excluding carboxylic acids is 1. The molecule has 1 amide bonds. The Balaban J connectivity index is 2.15. The monoisotopic (exact) mass is 299 g/mol. The first-order chi connectivity index (χ1) is 9.80. The fourth-order valence-corrected chi connectivity index (χ4v) is 2.23. The largest absolute Gasteiger partial charge is 0.471 e. The Kier molecular flexibility index (Phi) is 4.20. The van der Waals surface area contributed by atoms with E-state index in [9.17, 15) is 18.0 Å². The number of para-hydroxylation sites is 2. The minimum atomic E-state index is -4.85. The van der Waals surface area contributed by atoms with Crippen molar-refractivity contribution in [2.45, 2.75) is 32.5 Å². The van der Waals surface area contributed by atoms with Crippen molar-refractivity contribution in [3.8, 4) is 0 Å². The molecular weight excluding hydrogens is 283 g/mol. The molecule has 0 aliphatic carbocycles. The normalized spacial score (nSPS) is 12.1. The van der Waals surface area contributed by atoms with Crippen molar-refractivity contribution in [1.82, 2.24) is 14.9 Å². The lowest BCUT2D eigenvalue weighted by molar-refractivity contribution is -0.173. The number of amides is 1. The Morgan fingerprint density at radius 3 is 2.62 bits per heavy atom. The number of aromatic nitrogens is 2. The quantitative estimate of drug-likeness (QED) is 0.943. The molecule has 0 radical (unpaired) electrons. The molecule has 0 saturated heterocycles. The third-order valence-corrected chi connectivity index (χ3v) is 3.08. The second-order valence-corrected chi connectivity index (χ2v) is 4.98. The van der Waals surface area contributed by atoms with Gasteiger partial charge in [0.1, 0.15) is 5.82 Å². The number of hydrogen-bond donors (Lipinski definition) is 1. The van der Waals surface area contributed by atoms with E-state index in [-0.39, 0.29) is 19.0 Å². The van der Waals surface area contributed by atoms with Gasteiger partial charge < -0.3 is 9.88 Å². The molecule has 1 aromatic heterocycles. The zero-order valence-electron chi connectivity index (χ0n) is 11.7. The third kappa shape index (κ3) is 3.34. The smallest absolute Gasteiger partial charge is 0.348 e. The molecule has 21 heavy (non-hydrogen) atoms. The molecular formula is C14H16F3N3O. The molecule has 1 heterocycles. The van der Waals surface area contributed by atoms with E-state index in [0.717, 1.165) is 11.0 Å². The summed E-state index contributed by atoms with van der Waals surface area (Å²) in [6.45, 7) is 3.85. The van der Waals surface area contributed by atoms with Gasteiger partial charge in [0.15, 0.2) is 0 Å². The van der Waals surface area contributed by atoms with Crippen LogP contribution in [0.25, 0.3) is 11.0 Å². The van der Waals surface area contributed by atoms with Gasteiger partial charge in [-0.25, -0.2) is 4.98 Å². The lowest BCUT2D eigenvalue weighted by Gasteiger charge is -2.13. The molecule has 0 unspecified atom stereocenters. The first-order valence-corrected chi connectivity index (χ1v) is 6.61. The van der Waals surface area contributed by atoms with E-state index in [0.29, 0.717) is 5.82 Å². The minimum Gasteiger partial charge on any atom is -0.348 e. The van der Waals surface area contributed by atoms with Gasteiger partial charge in [-0.1, -0.05) is 12.1 Å². The highest BCUT2D eigenvalue weighted by Crippen LogP contribution is 2.21. The van der Waals surface area contributed by atoms with Crippen molar-refractivity contribution in [3.05, 3.63) is 30.1 Å². The van der Waals surface area contributed by atoms with E-state index in [2.05, 4.69) is 4.98 Å². The number of benzene rings is 1. The molecule has 0 spiro atoms. The van der Waals surface area contributed by atoms with Crippen LogP contribution in [0, 0.1) is 0 Å². The molecule has 1 aromatic carbocycles. The highest BCUT2D eigenvalue weighted by atomic mass is 19.4. The van der Waals surface area contributed by atoms with Crippen LogP contribution in [0.1, 0.15) is 25.7 Å². The number of fused-ring (bicyclic) bond motifs is 1. The number of nitrogens with one attached hydrogen (secondary N) is 1. The second kappa shape index (κ2) is 5.75. The minimum absolute atomic E-state index is 0.103. The maximum atomic E-state index is 12.1. The van der Waals surface area contributed by atoms with E-state index in [1.54, 1.807) is 0 Å². The lowest BCUT2D eigenvalue weighted by Crippen LogP contribution is -2.38. The van der Waals surface area contributed by atoms with Crippen molar-refractivity contribution in [3.63, 3.8) is 0 Å². The summed E-state index contributed by atoms with van der Waals surface area (Å²) in [6.07, 6.45) is -4.60. The standard InChI is InChI=1S/C14H16F3N3O/c1-9(2)20-11-6-4-3-5-10(11)19-12(20)7-8-18-13(21)14(15,16)17/h3-6,9H,7-8H2,1-2H3,(H,18,21). The molecule has 0 bridgehead atoms. The number of carbonyl (C=O) groups is 1. The third-order valence-electron chi connectivity index (χ3n) is 3.08. The molecule has 0 aliphatic rings. The molecule has 7 heteroatoms. The van der Waals surface area contributed by atoms with E-state index < -0.39 is 12.1 Å². The summed E-state index contributed by atoms with van der Waals surface area (Å²) in [4.78, 5) is 15.2. The van der Waals surface area contributed by atoms with Crippen molar-refractivity contribution in [1.29, 1.82) is 0 Å². The van der Waals surface area contributed by atoms with Gasteiger partial charge in [-0.3, -0.25) is 4.79 Å². The summed E-state index contributed by atoms with van der Waals surface area (Å²) in [5, 5.41) is 1.86. The molecule has 0 saturated carbocycles. The average Bonchev–Trinajstić information content (AvgIpc) is 2.75. The summed E-state index contributed by atoms with van der Waals surface area (Å²) in [5.41, 5.74) is 1.73. The predicted molar refractivity (Wildman–Crippen MR) is 72.9 cm³/mol. The Bertz CT molecular complexity index is 646. The summed E-state index contributed by atoms with van der Waals surface area (Å²) < 4.78 is 38.3. The van der Waals surface area contributed by atoms with E-state index >= 15 is 0 Å². The summed E-state index contributed by atoms with van der Waals surface area (Å²) in [6, 6.07) is 7.64. The van der Waals surface area contributed by atoms with Crippen LogP contribution in [0.15, 0.2) is 24.3 Å². The van der Waals surface area contributed by atoms with Crippen LogP contribution in [0.2, 0.25) is 0 Å². The zero-order chi connectivity index (χ0) is 15.6. The van der Waals surface area contributed by atoms with Crippen LogP contribution >= 0.6 is 0 Å². The van der Waals surface area contributed by atoms with Gasteiger partial charge in [0.25, 0.3) is 0 Å². The van der Waals surface area contributed by atoms with Crippen molar-refractivity contribution in [2.75, 3.05) is 6.54 Å². The van der Waals surface area contributed by atoms with Crippen LogP contribution in [0.4, 0.5) is 13.2 Å². The summed E-state index contributed by atoms with van der Waals surface area (Å²) in [7, 11) is 0. The molecule has 114 valence electrons. The number of alkyl halides is 3. The van der Waals surface area contributed by atoms with Gasteiger partial charge >= 0.3 is 12.1 Å². The van der Waals surface area contributed by atoms with Gasteiger partial charge in [-0.2, -0.15) is 13.2 Å². The van der Waals surface area contributed by atoms with Gasteiger partial charge in [0.05, 0.1) is 11.0 Å². The fraction of sp³-hybridized carbons (Fsp3) is 0.429. The Hall–Kier alpha value is -2.05. The van der Waals surface area contributed by atoms with Crippen LogP contribution in [-0.4, -0.2) is 28.2 Å². The first-order valence-electron chi connectivity index (χ1n) is 6.61. The maximum absolute atomic E-state index is 12.1. The molecule has 0 aliphatic heterocycles. The van der Waals surface area contributed by atoms with Crippen LogP contribution in [0.3, 0.4) is 0 Å². The number of nitrogens with zero attached hydrogens (tertiary/aromatic N) is 2. The number of rotatable bonds is 4. The van der Waals surface area contributed by atoms with E-state index in [1.165, 1.54) is 0 Å². The second-order valence-electron chi connectivity index (χ2n) is 4.98. The van der Waals surface area contributed by atoms with Crippen molar-refractivity contribution in [2.24, 2.45) is 0 Å². The molecule has 1 N–H and O–H groups in total. The van der Waals surface area contributed by atoms with Gasteiger partial charge in [-0.15, -0.1) is 0 Å². The summed E-state index contributed by atoms with van der Waals surface area (Å²) in [5.74, 6) is -1.26. The van der Waals surface area contributed by atoms with E-state index in [1.807, 2.05) is 48.0 Å². The van der Waals surface area contributed by atoms with Gasteiger partial charge in [-0.05, 0) is 26.0 Å². The Morgan fingerprint density at radius 2 is 2.00 bits per heavy atom. The zero-order valence-corrected chi connectivity index (χ0v) is 11.7. The molecule has 2 aromatic rings. The Morgan fingerprint density at radius 1 is 1.33 bits per heavy atom. The SMILES string of the molecule is CC(C)n1c(CCNC(=O)C(F)(F)F)nc2ccccc21. The molecule has 0 fully saturated rings. The van der Waals surface area contributed by atoms with Crippen molar-refractivity contribution >= 4 is 16.9 Å². The first kappa shape index (κ1) is 15.3. The van der Waals surface area contributed by atoms with Crippen LogP contribution < -0.4 is 5.32 Å². The molecule has 2 rings (SSSR count). The topological polar surface area (TPSA) is 46.9 Å². The van der Waals surface area contributed by atoms with Crippen LogP contribution in [0.5, 0.6) is 0 Å². The van der Waals surface area contributed by atoms with Gasteiger partial charge in [0, 0.05) is 19.0 Å².